The van der Waals surface area contributed by atoms with Crippen LogP contribution in [0.1, 0.15) is 92.4 Å². The molecule has 0 bridgehead atoms. The summed E-state index contributed by atoms with van der Waals surface area (Å²) in [5.74, 6) is 5.40. The first-order chi connectivity index (χ1) is 30.7. The van der Waals surface area contributed by atoms with E-state index in [2.05, 4.69) is 163 Å². The number of nitrogens with zero attached hydrogens (tertiary/aromatic N) is 4. The third kappa shape index (κ3) is 6.39. The highest BCUT2D eigenvalue weighted by atomic mass is 16.5. The highest BCUT2D eigenvalue weighted by molar-refractivity contribution is 6.09. The standard InChI is InChI=1S/C56H55N5O/c1-35-47(40-30-31-41(36-18-6-2-7-19-36)44(32-40)37-20-8-3-9-21-37)34-57-56(50(35)55-59-53(38-22-10-4-11-23-38)58-54(60-55)39-24-12-5-13-25-39)61-48-28-16-14-26-42(48)45-33-46-43-27-15-17-29-49(43)62-52(46)51(45)61/h2-4,6-8,10-12,15,17-20,22-24,26-32,35,39,45-47,50-52,55H,5,9,13-14,16,21,25,33-34H2,1H3,(H,58,59,60). The van der Waals surface area contributed by atoms with Crippen molar-refractivity contribution in [1.82, 2.24) is 10.2 Å². The monoisotopic (exact) mass is 813 g/mol. The molecule has 4 aromatic rings. The normalized spacial score (nSPS) is 30.6. The van der Waals surface area contributed by atoms with Gasteiger partial charge >= 0.3 is 0 Å². The Morgan fingerprint density at radius 3 is 2.42 bits per heavy atom. The van der Waals surface area contributed by atoms with Gasteiger partial charge in [-0.15, -0.1) is 0 Å². The maximum absolute atomic E-state index is 7.03. The molecule has 4 aliphatic heterocycles. The van der Waals surface area contributed by atoms with Crippen molar-refractivity contribution in [1.29, 1.82) is 0 Å². The van der Waals surface area contributed by atoms with Gasteiger partial charge in [0.2, 0.25) is 0 Å². The van der Waals surface area contributed by atoms with E-state index in [1.807, 2.05) is 0 Å². The van der Waals surface area contributed by atoms with Crippen molar-refractivity contribution in [3.8, 4) is 16.9 Å². The number of allylic oxidation sites excluding steroid dienone is 8. The molecule has 0 amide bonds. The van der Waals surface area contributed by atoms with E-state index in [4.69, 9.17) is 19.7 Å². The fraction of sp³-hybridized carbons (Fsp3) is 0.339. The minimum atomic E-state index is -0.256. The number of amidine groups is 3. The second-order valence-electron chi connectivity index (χ2n) is 18.6. The summed E-state index contributed by atoms with van der Waals surface area (Å²) < 4.78 is 7.03. The number of ether oxygens (including phenoxy) is 1. The molecule has 4 aromatic carbocycles. The minimum absolute atomic E-state index is 0.0368. The quantitative estimate of drug-likeness (QED) is 0.197. The average molecular weight is 814 g/mol. The Morgan fingerprint density at radius 2 is 1.60 bits per heavy atom. The van der Waals surface area contributed by atoms with Gasteiger partial charge in [0.05, 0.1) is 12.0 Å². The summed E-state index contributed by atoms with van der Waals surface area (Å²) in [5, 5.41) is 4.00. The Kier molecular flexibility index (Phi) is 9.56. The molecule has 9 atom stereocenters. The molecule has 6 heteroatoms. The van der Waals surface area contributed by atoms with Gasteiger partial charge in [0, 0.05) is 47.0 Å². The van der Waals surface area contributed by atoms with E-state index in [0.717, 1.165) is 86.7 Å². The summed E-state index contributed by atoms with van der Waals surface area (Å²) in [4.78, 5) is 19.6. The van der Waals surface area contributed by atoms with Gasteiger partial charge in [0.25, 0.3) is 0 Å². The first kappa shape index (κ1) is 37.7. The summed E-state index contributed by atoms with van der Waals surface area (Å²) in [6, 6.07) is 37.8. The van der Waals surface area contributed by atoms with Gasteiger partial charge in [-0.1, -0.05) is 147 Å². The molecule has 0 spiro atoms. The SMILES string of the molecule is CC1C(c2ccc(-c3ccccc3)c(C3=CC=CCC3)c2)CN=C(N2C3=CCCC=C3C3CC4c5ccccc5OC4C32)C1C1N=C(C2C=CCCC2)N=C(c2ccccc2)N1. The molecule has 1 saturated carbocycles. The third-order valence-electron chi connectivity index (χ3n) is 15.2. The van der Waals surface area contributed by atoms with E-state index in [9.17, 15) is 0 Å². The molecule has 9 unspecified atom stereocenters. The van der Waals surface area contributed by atoms with Crippen LogP contribution in [0.4, 0.5) is 0 Å². The Hall–Kier alpha value is -6.01. The first-order valence-electron chi connectivity index (χ1n) is 23.4. The maximum Gasteiger partial charge on any atom is 0.137 e. The van der Waals surface area contributed by atoms with Crippen molar-refractivity contribution in [2.45, 2.75) is 88.4 Å². The maximum atomic E-state index is 7.03. The zero-order valence-corrected chi connectivity index (χ0v) is 35.6. The molecule has 1 saturated heterocycles. The van der Waals surface area contributed by atoms with Crippen molar-refractivity contribution in [2.75, 3.05) is 6.54 Å². The van der Waals surface area contributed by atoms with E-state index in [-0.39, 0.29) is 42.0 Å². The van der Waals surface area contributed by atoms with Gasteiger partial charge in [0.1, 0.15) is 35.5 Å². The van der Waals surface area contributed by atoms with Crippen molar-refractivity contribution in [2.24, 2.45) is 38.6 Å². The van der Waals surface area contributed by atoms with E-state index in [0.29, 0.717) is 11.8 Å². The number of nitrogens with one attached hydrogen (secondary N) is 1. The highest BCUT2D eigenvalue weighted by Gasteiger charge is 2.60. The molecular weight excluding hydrogens is 759 g/mol. The first-order valence-corrected chi connectivity index (χ1v) is 23.4. The second-order valence-corrected chi connectivity index (χ2v) is 18.6. The molecule has 0 radical (unpaired) electrons. The van der Waals surface area contributed by atoms with Crippen LogP contribution >= 0.6 is 0 Å². The predicted molar refractivity (Wildman–Crippen MR) is 252 cm³/mol. The molecule has 310 valence electrons. The van der Waals surface area contributed by atoms with Crippen LogP contribution in [0.25, 0.3) is 16.7 Å². The number of para-hydroxylation sites is 1. The van der Waals surface area contributed by atoms with Crippen molar-refractivity contribution in [3.05, 3.63) is 179 Å². The number of benzene rings is 4. The van der Waals surface area contributed by atoms with Crippen LogP contribution in [0.3, 0.4) is 0 Å². The summed E-state index contributed by atoms with van der Waals surface area (Å²) in [6.45, 7) is 3.21. The fourth-order valence-electron chi connectivity index (χ4n) is 12.2. The largest absolute Gasteiger partial charge is 0.487 e. The number of hydrogen-bond acceptors (Lipinski definition) is 6. The lowest BCUT2D eigenvalue weighted by molar-refractivity contribution is 0.148. The van der Waals surface area contributed by atoms with Gasteiger partial charge in [-0.25, -0.2) is 9.98 Å². The number of fused-ring (bicyclic) bond motifs is 7. The second kappa shape index (κ2) is 15.7. The van der Waals surface area contributed by atoms with Crippen LogP contribution in [0.5, 0.6) is 5.75 Å². The van der Waals surface area contributed by atoms with Gasteiger partial charge in [-0.3, -0.25) is 4.99 Å². The Morgan fingerprint density at radius 1 is 0.774 bits per heavy atom. The Labute approximate surface area is 366 Å². The van der Waals surface area contributed by atoms with Crippen molar-refractivity contribution >= 4 is 23.1 Å². The number of hydrogen-bond donors (Lipinski definition) is 1. The van der Waals surface area contributed by atoms with Gasteiger partial charge in [-0.2, -0.15) is 0 Å². The zero-order chi connectivity index (χ0) is 41.1. The molecule has 62 heavy (non-hydrogen) atoms. The van der Waals surface area contributed by atoms with Crippen molar-refractivity contribution in [3.63, 3.8) is 0 Å². The van der Waals surface area contributed by atoms with Crippen LogP contribution < -0.4 is 10.1 Å². The number of rotatable bonds is 6. The molecule has 4 aliphatic carbocycles. The highest BCUT2D eigenvalue weighted by Crippen LogP contribution is 2.59. The summed E-state index contributed by atoms with van der Waals surface area (Å²) in [5.41, 5.74) is 12.0. The van der Waals surface area contributed by atoms with Gasteiger partial charge < -0.3 is 15.0 Å². The minimum Gasteiger partial charge on any atom is -0.487 e. The van der Waals surface area contributed by atoms with Crippen LogP contribution in [-0.2, 0) is 0 Å². The summed E-state index contributed by atoms with van der Waals surface area (Å²) in [7, 11) is 0. The van der Waals surface area contributed by atoms with Gasteiger partial charge in [0.15, 0.2) is 0 Å². The van der Waals surface area contributed by atoms with Crippen LogP contribution in [0.2, 0.25) is 0 Å². The molecule has 6 nitrogen and oxygen atoms in total. The average Bonchev–Trinajstić information content (AvgIpc) is 4.00. The van der Waals surface area contributed by atoms with E-state index in [1.54, 1.807) is 0 Å². The molecule has 2 fully saturated rings. The molecule has 0 aromatic heterocycles. The lowest BCUT2D eigenvalue weighted by Gasteiger charge is -2.45. The van der Waals surface area contributed by atoms with Gasteiger partial charge in [-0.05, 0) is 96.8 Å². The van der Waals surface area contributed by atoms with Crippen molar-refractivity contribution < 1.29 is 4.74 Å². The topological polar surface area (TPSA) is 61.6 Å². The molecule has 4 heterocycles. The fourth-order valence-corrected chi connectivity index (χ4v) is 12.2. The molecule has 12 rings (SSSR count). The Balaban J connectivity index is 1.00. The smallest absolute Gasteiger partial charge is 0.137 e. The van der Waals surface area contributed by atoms with Crippen LogP contribution in [0.15, 0.2) is 172 Å². The Bertz CT molecular complexity index is 2650. The molecule has 1 N–H and O–H groups in total. The van der Waals surface area contributed by atoms with E-state index in [1.165, 1.54) is 44.7 Å². The van der Waals surface area contributed by atoms with Crippen LogP contribution in [-0.4, -0.2) is 47.3 Å². The predicted octanol–water partition coefficient (Wildman–Crippen LogP) is 11.8. The van der Waals surface area contributed by atoms with E-state index >= 15 is 0 Å². The molecular formula is C56H55N5O. The number of aliphatic imine (C=N–C) groups is 3. The third-order valence-corrected chi connectivity index (χ3v) is 15.2. The zero-order valence-electron chi connectivity index (χ0n) is 35.6. The lowest BCUT2D eigenvalue weighted by atomic mass is 9.73. The summed E-state index contributed by atoms with van der Waals surface area (Å²) >= 11 is 0. The van der Waals surface area contributed by atoms with E-state index < -0.39 is 0 Å². The lowest BCUT2D eigenvalue weighted by Crippen LogP contribution is -2.56. The van der Waals surface area contributed by atoms with Crippen LogP contribution in [0, 0.1) is 23.7 Å². The summed E-state index contributed by atoms with van der Waals surface area (Å²) in [6.07, 6.45) is 25.1. The number of likely N-dealkylation sites (tertiary alicyclic amines) is 1. The molecule has 8 aliphatic rings.